The highest BCUT2D eigenvalue weighted by Gasteiger charge is 2.52. The number of nitrogens with one attached hydrogen (secondary N) is 2. The van der Waals surface area contributed by atoms with Crippen LogP contribution in [0.4, 0.5) is 0 Å². The smallest absolute Gasteiger partial charge is 0.327 e. The van der Waals surface area contributed by atoms with Gasteiger partial charge in [-0.25, -0.2) is 4.98 Å². The van der Waals surface area contributed by atoms with Crippen molar-refractivity contribution in [3.63, 3.8) is 0 Å². The molecule has 1 aromatic heterocycles. The van der Waals surface area contributed by atoms with E-state index in [-0.39, 0.29) is 12.0 Å². The molecule has 1 atom stereocenters. The van der Waals surface area contributed by atoms with E-state index in [2.05, 4.69) is 34.3 Å². The number of rotatable bonds is 8. The number of thioether (sulfide) groups is 1. The molecule has 1 aliphatic rings. The first kappa shape index (κ1) is 16.3. The maximum absolute atomic E-state index is 12.6. The fourth-order valence-corrected chi connectivity index (χ4v) is 3.58. The molecular weight excluding hydrogens is 288 g/mol. The van der Waals surface area contributed by atoms with Gasteiger partial charge in [0.05, 0.1) is 6.61 Å². The number of aromatic nitrogens is 3. The minimum atomic E-state index is -0.636. The number of carbonyl (C=O) groups is 1. The number of aryl methyl sites for hydroxylation is 1. The summed E-state index contributed by atoms with van der Waals surface area (Å²) in [6.07, 6.45) is 2.12. The summed E-state index contributed by atoms with van der Waals surface area (Å²) in [4.78, 5) is 16.9. The highest BCUT2D eigenvalue weighted by Crippen LogP contribution is 2.43. The summed E-state index contributed by atoms with van der Waals surface area (Å²) in [6.45, 7) is 8.22. The van der Waals surface area contributed by atoms with Crippen LogP contribution in [0.15, 0.2) is 5.16 Å². The van der Waals surface area contributed by atoms with Gasteiger partial charge in [0.15, 0.2) is 0 Å². The molecule has 2 N–H and O–H groups in total. The summed E-state index contributed by atoms with van der Waals surface area (Å²) < 4.78 is 5.34. The quantitative estimate of drug-likeness (QED) is 0.564. The van der Waals surface area contributed by atoms with Crippen LogP contribution >= 0.6 is 11.8 Å². The molecule has 0 saturated heterocycles. The van der Waals surface area contributed by atoms with Crippen molar-refractivity contribution in [1.82, 2.24) is 20.5 Å². The fourth-order valence-electron chi connectivity index (χ4n) is 2.48. The summed E-state index contributed by atoms with van der Waals surface area (Å²) in [5.74, 6) is 1.56. The van der Waals surface area contributed by atoms with Crippen molar-refractivity contribution in [2.45, 2.75) is 57.3 Å². The van der Waals surface area contributed by atoms with Crippen LogP contribution in [0.1, 0.15) is 39.4 Å². The van der Waals surface area contributed by atoms with Gasteiger partial charge in [0.25, 0.3) is 0 Å². The number of ether oxygens (including phenoxy) is 1. The van der Waals surface area contributed by atoms with Gasteiger partial charge in [-0.15, -0.1) is 5.10 Å². The minimum absolute atomic E-state index is 0.152. The maximum Gasteiger partial charge on any atom is 0.327 e. The topological polar surface area (TPSA) is 79.9 Å². The maximum atomic E-state index is 12.6. The Morgan fingerprint density at radius 3 is 2.76 bits per heavy atom. The average molecular weight is 312 g/mol. The second-order valence-corrected chi connectivity index (χ2v) is 6.70. The van der Waals surface area contributed by atoms with Gasteiger partial charge in [-0.3, -0.25) is 15.2 Å². The van der Waals surface area contributed by atoms with Gasteiger partial charge in [0, 0.05) is 11.8 Å². The van der Waals surface area contributed by atoms with Crippen LogP contribution in [-0.4, -0.2) is 45.1 Å². The molecule has 118 valence electrons. The van der Waals surface area contributed by atoms with Crippen LogP contribution in [0.3, 0.4) is 0 Å². The fraction of sp³-hybridized carbons (Fsp3) is 0.786. The van der Waals surface area contributed by atoms with E-state index >= 15 is 0 Å². The summed E-state index contributed by atoms with van der Waals surface area (Å²) >= 11 is 1.50. The molecule has 6 nitrogen and oxygen atoms in total. The van der Waals surface area contributed by atoms with E-state index in [0.717, 1.165) is 18.7 Å². The van der Waals surface area contributed by atoms with E-state index in [1.165, 1.54) is 11.8 Å². The Labute approximate surface area is 129 Å². The Bertz CT molecular complexity index is 487. The van der Waals surface area contributed by atoms with E-state index in [1.54, 1.807) is 0 Å². The Hall–Kier alpha value is -1.08. The van der Waals surface area contributed by atoms with Crippen molar-refractivity contribution in [1.29, 1.82) is 0 Å². The SMILES string of the molecule is CCOC(=O)C(CSc1n[nH]c(C)n1)(NC(C)C)C1CC1. The number of aromatic amines is 1. The molecule has 0 radical (unpaired) electrons. The molecule has 2 rings (SSSR count). The zero-order valence-corrected chi connectivity index (χ0v) is 13.9. The number of hydrogen-bond acceptors (Lipinski definition) is 6. The van der Waals surface area contributed by atoms with Gasteiger partial charge in [-0.05, 0) is 46.5 Å². The van der Waals surface area contributed by atoms with Crippen LogP contribution < -0.4 is 5.32 Å². The molecule has 1 saturated carbocycles. The Morgan fingerprint density at radius 1 is 1.57 bits per heavy atom. The van der Waals surface area contributed by atoms with Gasteiger partial charge in [0.2, 0.25) is 5.16 Å². The first-order valence-corrected chi connectivity index (χ1v) is 8.43. The Morgan fingerprint density at radius 2 is 2.29 bits per heavy atom. The van der Waals surface area contributed by atoms with Gasteiger partial charge >= 0.3 is 5.97 Å². The van der Waals surface area contributed by atoms with Crippen molar-refractivity contribution >= 4 is 17.7 Å². The van der Waals surface area contributed by atoms with Gasteiger partial charge in [0.1, 0.15) is 11.4 Å². The third kappa shape index (κ3) is 3.97. The zero-order valence-electron chi connectivity index (χ0n) is 13.1. The van der Waals surface area contributed by atoms with E-state index in [1.807, 2.05) is 13.8 Å². The van der Waals surface area contributed by atoms with Crippen LogP contribution in [-0.2, 0) is 9.53 Å². The highest BCUT2D eigenvalue weighted by molar-refractivity contribution is 7.99. The Balaban J connectivity index is 2.14. The first-order chi connectivity index (χ1) is 9.98. The summed E-state index contributed by atoms with van der Waals surface area (Å²) in [5, 5.41) is 11.1. The lowest BCUT2D eigenvalue weighted by molar-refractivity contribution is -0.151. The van der Waals surface area contributed by atoms with E-state index in [9.17, 15) is 4.79 Å². The van der Waals surface area contributed by atoms with E-state index < -0.39 is 5.54 Å². The van der Waals surface area contributed by atoms with Gasteiger partial charge in [-0.2, -0.15) is 0 Å². The lowest BCUT2D eigenvalue weighted by Gasteiger charge is -2.34. The molecule has 1 unspecified atom stereocenters. The van der Waals surface area contributed by atoms with Gasteiger partial charge in [-0.1, -0.05) is 11.8 Å². The third-order valence-corrected chi connectivity index (χ3v) is 4.51. The van der Waals surface area contributed by atoms with Gasteiger partial charge < -0.3 is 4.74 Å². The lowest BCUT2D eigenvalue weighted by Crippen LogP contribution is -2.59. The van der Waals surface area contributed by atoms with E-state index in [4.69, 9.17) is 4.74 Å². The van der Waals surface area contributed by atoms with Crippen molar-refractivity contribution in [3.05, 3.63) is 5.82 Å². The lowest BCUT2D eigenvalue weighted by atomic mass is 9.94. The largest absolute Gasteiger partial charge is 0.465 e. The molecule has 1 aliphatic carbocycles. The number of H-pyrrole nitrogens is 1. The molecule has 0 amide bonds. The molecule has 0 spiro atoms. The molecule has 21 heavy (non-hydrogen) atoms. The molecular formula is C14H24N4O2S. The molecule has 0 bridgehead atoms. The van der Waals surface area contributed by atoms with Crippen molar-refractivity contribution < 1.29 is 9.53 Å². The molecule has 0 aromatic carbocycles. The van der Waals surface area contributed by atoms with Crippen LogP contribution in [0.25, 0.3) is 0 Å². The number of hydrogen-bond donors (Lipinski definition) is 2. The second-order valence-electron chi connectivity index (χ2n) is 5.76. The average Bonchev–Trinajstić information content (AvgIpc) is 3.18. The molecule has 1 heterocycles. The number of carbonyl (C=O) groups excluding carboxylic acids is 1. The summed E-state index contributed by atoms with van der Waals surface area (Å²) in [5.41, 5.74) is -0.636. The molecule has 7 heteroatoms. The van der Waals surface area contributed by atoms with Crippen LogP contribution in [0, 0.1) is 12.8 Å². The van der Waals surface area contributed by atoms with Crippen molar-refractivity contribution in [2.24, 2.45) is 5.92 Å². The summed E-state index contributed by atoms with van der Waals surface area (Å²) in [6, 6.07) is 0.212. The van der Waals surface area contributed by atoms with Crippen molar-refractivity contribution in [3.8, 4) is 0 Å². The number of nitrogens with zero attached hydrogens (tertiary/aromatic N) is 2. The third-order valence-electron chi connectivity index (χ3n) is 3.47. The monoisotopic (exact) mass is 312 g/mol. The van der Waals surface area contributed by atoms with Crippen LogP contribution in [0.2, 0.25) is 0 Å². The minimum Gasteiger partial charge on any atom is -0.465 e. The normalized spacial score (nSPS) is 17.8. The molecule has 0 aliphatic heterocycles. The first-order valence-electron chi connectivity index (χ1n) is 7.44. The Kier molecular flexibility index (Phi) is 5.27. The zero-order chi connectivity index (χ0) is 15.5. The number of esters is 1. The standard InChI is InChI=1S/C14H24N4O2S/c1-5-20-12(19)14(11-6-7-11,16-9(2)3)8-21-13-15-10(4)17-18-13/h9,11,16H,5-8H2,1-4H3,(H,15,17,18). The molecule has 1 aromatic rings. The highest BCUT2D eigenvalue weighted by atomic mass is 32.2. The van der Waals surface area contributed by atoms with Crippen LogP contribution in [0.5, 0.6) is 0 Å². The predicted octanol–water partition coefficient (Wildman–Crippen LogP) is 1.92. The second kappa shape index (κ2) is 6.79. The summed E-state index contributed by atoms with van der Waals surface area (Å²) in [7, 11) is 0. The predicted molar refractivity (Wildman–Crippen MR) is 82.2 cm³/mol. The van der Waals surface area contributed by atoms with E-state index in [0.29, 0.717) is 23.4 Å². The molecule has 1 fully saturated rings. The van der Waals surface area contributed by atoms with Crippen molar-refractivity contribution in [2.75, 3.05) is 12.4 Å².